The van der Waals surface area contributed by atoms with Crippen molar-refractivity contribution in [1.82, 2.24) is 5.43 Å². The Morgan fingerprint density at radius 3 is 2.41 bits per heavy atom. The third kappa shape index (κ3) is 6.39. The lowest BCUT2D eigenvalue weighted by Gasteiger charge is -2.13. The molecule has 0 bridgehead atoms. The molecule has 0 atom stereocenters. The van der Waals surface area contributed by atoms with E-state index in [0.717, 1.165) is 5.56 Å². The standard InChI is InChI=1S/C24H22Cl2N2O4/c1-3-31-20-10-6-18(7-11-20)24(29)28-27-14-17-12-21(26)23(22(13-17)30-2)32-15-16-4-8-19(25)9-5-16/h4-14H,3,15H2,1-2H3,(H,28,29)/b27-14+. The average molecular weight is 473 g/mol. The van der Waals surface area contributed by atoms with Gasteiger partial charge >= 0.3 is 0 Å². The van der Waals surface area contributed by atoms with Crippen LogP contribution in [0.25, 0.3) is 0 Å². The van der Waals surface area contributed by atoms with Crippen molar-refractivity contribution in [1.29, 1.82) is 0 Å². The highest BCUT2D eigenvalue weighted by Gasteiger charge is 2.12. The number of hydrogen-bond donors (Lipinski definition) is 1. The van der Waals surface area contributed by atoms with Crippen molar-refractivity contribution in [3.63, 3.8) is 0 Å². The summed E-state index contributed by atoms with van der Waals surface area (Å²) in [6, 6.07) is 17.5. The summed E-state index contributed by atoms with van der Waals surface area (Å²) in [6.45, 7) is 2.76. The molecule has 3 rings (SSSR count). The van der Waals surface area contributed by atoms with Gasteiger partial charge in [-0.2, -0.15) is 5.10 Å². The van der Waals surface area contributed by atoms with Gasteiger partial charge in [-0.1, -0.05) is 35.3 Å². The van der Waals surface area contributed by atoms with Gasteiger partial charge in [0.1, 0.15) is 12.4 Å². The van der Waals surface area contributed by atoms with Crippen molar-refractivity contribution in [3.8, 4) is 17.2 Å². The van der Waals surface area contributed by atoms with Crippen LogP contribution in [0.3, 0.4) is 0 Å². The van der Waals surface area contributed by atoms with Crippen molar-refractivity contribution in [3.05, 3.63) is 87.4 Å². The number of carbonyl (C=O) groups is 1. The molecule has 0 aliphatic rings. The summed E-state index contributed by atoms with van der Waals surface area (Å²) in [4.78, 5) is 12.2. The van der Waals surface area contributed by atoms with Gasteiger partial charge in [-0.15, -0.1) is 0 Å². The lowest BCUT2D eigenvalue weighted by molar-refractivity contribution is 0.0955. The van der Waals surface area contributed by atoms with Gasteiger partial charge in [0.2, 0.25) is 0 Å². The molecule has 0 spiro atoms. The number of hydrogen-bond acceptors (Lipinski definition) is 5. The van der Waals surface area contributed by atoms with Crippen molar-refractivity contribution < 1.29 is 19.0 Å². The molecule has 0 saturated carbocycles. The molecular formula is C24H22Cl2N2O4. The third-order valence-corrected chi connectivity index (χ3v) is 4.89. The van der Waals surface area contributed by atoms with E-state index in [9.17, 15) is 4.79 Å². The van der Waals surface area contributed by atoms with Crippen LogP contribution in [0.4, 0.5) is 0 Å². The van der Waals surface area contributed by atoms with Crippen LogP contribution >= 0.6 is 23.2 Å². The fraction of sp³-hybridized carbons (Fsp3) is 0.167. The number of nitrogens with one attached hydrogen (secondary N) is 1. The predicted molar refractivity (Wildman–Crippen MR) is 126 cm³/mol. The maximum absolute atomic E-state index is 12.2. The van der Waals surface area contributed by atoms with E-state index in [1.54, 1.807) is 48.5 Å². The molecule has 0 aliphatic carbocycles. The quantitative estimate of drug-likeness (QED) is 0.318. The van der Waals surface area contributed by atoms with Gasteiger partial charge in [-0.25, -0.2) is 5.43 Å². The Kier molecular flexibility index (Phi) is 8.36. The topological polar surface area (TPSA) is 69.2 Å². The van der Waals surface area contributed by atoms with Crippen molar-refractivity contribution >= 4 is 35.3 Å². The van der Waals surface area contributed by atoms with E-state index in [1.807, 2.05) is 19.1 Å². The number of ether oxygens (including phenoxy) is 3. The van der Waals surface area contributed by atoms with Gasteiger partial charge in [0.05, 0.1) is 25.0 Å². The third-order valence-electron chi connectivity index (χ3n) is 4.36. The lowest BCUT2D eigenvalue weighted by atomic mass is 10.2. The van der Waals surface area contributed by atoms with Gasteiger partial charge < -0.3 is 14.2 Å². The summed E-state index contributed by atoms with van der Waals surface area (Å²) in [7, 11) is 1.52. The molecule has 166 valence electrons. The predicted octanol–water partition coefficient (Wildman–Crippen LogP) is 5.74. The van der Waals surface area contributed by atoms with Gasteiger partial charge in [0, 0.05) is 10.6 Å². The highest BCUT2D eigenvalue weighted by molar-refractivity contribution is 6.32. The molecule has 0 aromatic heterocycles. The van der Waals surface area contributed by atoms with E-state index in [0.29, 0.717) is 51.6 Å². The molecule has 8 heteroatoms. The Balaban J connectivity index is 1.64. The molecule has 3 aromatic carbocycles. The van der Waals surface area contributed by atoms with Crippen LogP contribution in [0.2, 0.25) is 10.0 Å². The zero-order valence-electron chi connectivity index (χ0n) is 17.6. The molecule has 6 nitrogen and oxygen atoms in total. The molecule has 0 fully saturated rings. The highest BCUT2D eigenvalue weighted by atomic mass is 35.5. The van der Waals surface area contributed by atoms with Crippen LogP contribution < -0.4 is 19.6 Å². The minimum Gasteiger partial charge on any atom is -0.494 e. The number of benzene rings is 3. The molecular weight excluding hydrogens is 451 g/mol. The Morgan fingerprint density at radius 2 is 1.75 bits per heavy atom. The second-order valence-electron chi connectivity index (χ2n) is 6.61. The zero-order valence-corrected chi connectivity index (χ0v) is 19.1. The number of rotatable bonds is 9. The number of nitrogens with zero attached hydrogens (tertiary/aromatic N) is 1. The van der Waals surface area contributed by atoms with Crippen molar-refractivity contribution in [2.75, 3.05) is 13.7 Å². The fourth-order valence-electron chi connectivity index (χ4n) is 2.79. The van der Waals surface area contributed by atoms with Crippen molar-refractivity contribution in [2.45, 2.75) is 13.5 Å². The van der Waals surface area contributed by atoms with Crippen molar-refractivity contribution in [2.24, 2.45) is 5.10 Å². The summed E-state index contributed by atoms with van der Waals surface area (Å²) in [5.41, 5.74) is 4.53. The summed E-state index contributed by atoms with van der Waals surface area (Å²) >= 11 is 12.3. The Bertz CT molecular complexity index is 1080. The second kappa shape index (κ2) is 11.4. The molecule has 1 N–H and O–H groups in total. The Labute approximate surface area is 196 Å². The highest BCUT2D eigenvalue weighted by Crippen LogP contribution is 2.36. The van der Waals surface area contributed by atoms with E-state index in [4.69, 9.17) is 37.4 Å². The molecule has 0 heterocycles. The summed E-state index contributed by atoms with van der Waals surface area (Å²) < 4.78 is 16.6. The van der Waals surface area contributed by atoms with Crippen LogP contribution in [0, 0.1) is 0 Å². The first kappa shape index (κ1) is 23.4. The largest absolute Gasteiger partial charge is 0.494 e. The first-order chi connectivity index (χ1) is 15.5. The van der Waals surface area contributed by atoms with Crippen LogP contribution in [-0.4, -0.2) is 25.8 Å². The number of halogens is 2. The molecule has 0 aliphatic heterocycles. The average Bonchev–Trinajstić information content (AvgIpc) is 2.80. The number of methoxy groups -OCH3 is 1. The first-order valence-corrected chi connectivity index (χ1v) is 10.6. The van der Waals surface area contributed by atoms with Gasteiger partial charge in [-0.05, 0) is 66.6 Å². The molecule has 3 aromatic rings. The minimum atomic E-state index is -0.342. The van der Waals surface area contributed by atoms with E-state index in [2.05, 4.69) is 10.5 Å². The Hall–Kier alpha value is -3.22. The van der Waals surface area contributed by atoms with Crippen LogP contribution in [0.5, 0.6) is 17.2 Å². The number of amides is 1. The normalized spacial score (nSPS) is 10.8. The molecule has 0 unspecified atom stereocenters. The number of hydrazone groups is 1. The SMILES string of the molecule is CCOc1ccc(C(=O)N/N=C/c2cc(Cl)c(OCc3ccc(Cl)cc3)c(OC)c2)cc1. The smallest absolute Gasteiger partial charge is 0.271 e. The molecule has 0 radical (unpaired) electrons. The monoisotopic (exact) mass is 472 g/mol. The lowest BCUT2D eigenvalue weighted by Crippen LogP contribution is -2.17. The minimum absolute atomic E-state index is 0.304. The second-order valence-corrected chi connectivity index (χ2v) is 7.45. The van der Waals surface area contributed by atoms with E-state index in [-0.39, 0.29) is 5.91 Å². The zero-order chi connectivity index (χ0) is 22.9. The van der Waals surface area contributed by atoms with E-state index in [1.165, 1.54) is 13.3 Å². The van der Waals surface area contributed by atoms with Gasteiger partial charge in [-0.3, -0.25) is 4.79 Å². The van der Waals surface area contributed by atoms with Gasteiger partial charge in [0.15, 0.2) is 11.5 Å². The van der Waals surface area contributed by atoms with Crippen LogP contribution in [0.1, 0.15) is 28.4 Å². The Morgan fingerprint density at radius 1 is 1.03 bits per heavy atom. The van der Waals surface area contributed by atoms with Crippen LogP contribution in [-0.2, 0) is 6.61 Å². The van der Waals surface area contributed by atoms with E-state index < -0.39 is 0 Å². The van der Waals surface area contributed by atoms with Gasteiger partial charge in [0.25, 0.3) is 5.91 Å². The summed E-state index contributed by atoms with van der Waals surface area (Å²) in [5, 5.41) is 5.02. The summed E-state index contributed by atoms with van der Waals surface area (Å²) in [6.07, 6.45) is 1.48. The molecule has 1 amide bonds. The van der Waals surface area contributed by atoms with Crippen LogP contribution in [0.15, 0.2) is 65.8 Å². The summed E-state index contributed by atoms with van der Waals surface area (Å²) in [5.74, 6) is 1.23. The number of carbonyl (C=O) groups excluding carboxylic acids is 1. The maximum Gasteiger partial charge on any atom is 0.271 e. The van der Waals surface area contributed by atoms with E-state index >= 15 is 0 Å². The first-order valence-electron chi connectivity index (χ1n) is 9.81. The maximum atomic E-state index is 12.2. The fourth-order valence-corrected chi connectivity index (χ4v) is 3.19. The molecule has 32 heavy (non-hydrogen) atoms. The molecule has 0 saturated heterocycles.